The van der Waals surface area contributed by atoms with Gasteiger partial charge in [-0.05, 0) is 195 Å². The molecule has 49 heteroatoms. The van der Waals surface area contributed by atoms with Crippen LogP contribution in [0.25, 0.3) is 44.7 Å². The first kappa shape index (κ1) is 88.5. The number of fused-ring (bicyclic) bond motifs is 6. The van der Waals surface area contributed by atoms with Gasteiger partial charge in [-0.25, -0.2) is 18.7 Å². The zero-order valence-electron chi connectivity index (χ0n) is 61.5. The number of ether oxygens (including phenoxy) is 4. The molecule has 0 amide bonds. The molecule has 6 aliphatic rings. The predicted molar refractivity (Wildman–Crippen MR) is 475 cm³/mol. The zero-order chi connectivity index (χ0) is 82.0. The lowest BCUT2D eigenvalue weighted by Crippen LogP contribution is -2.44. The monoisotopic (exact) mass is 2080 g/mol. The van der Waals surface area contributed by atoms with Crippen LogP contribution in [-0.2, 0) is 52.5 Å². The molecule has 8 aromatic heterocycles. The number of halogens is 8. The average Bonchev–Trinajstić information content (AvgIpc) is 1.59. The van der Waals surface area contributed by atoms with Gasteiger partial charge in [0.05, 0.1) is 69.4 Å². The fourth-order valence-electron chi connectivity index (χ4n) is 14.0. The summed E-state index contributed by atoms with van der Waals surface area (Å²) in [5, 5.41) is 59.5. The topological polar surface area (TPSA) is 382 Å². The Labute approximate surface area is 753 Å². The Morgan fingerprint density at radius 2 is 0.897 bits per heavy atom. The second kappa shape index (κ2) is 39.0. The van der Waals surface area contributed by atoms with E-state index < -0.39 is 52.0 Å². The molecule has 0 saturated carbocycles. The maximum absolute atomic E-state index is 10.6. The number of anilines is 3. The fraction of sp³-hybridized carbons (Fsp3) is 0.433. The second-order valence-corrected chi connectivity index (χ2v) is 38.6. The first-order chi connectivity index (χ1) is 55.7. The van der Waals surface area contributed by atoms with Crippen LogP contribution in [0.3, 0.4) is 0 Å². The van der Waals surface area contributed by atoms with E-state index in [0.29, 0.717) is 89.4 Å². The number of thioether (sulfide) groups is 4. The van der Waals surface area contributed by atoms with Crippen molar-refractivity contribution in [2.45, 2.75) is 150 Å². The molecule has 9 radical (unpaired) electrons. The molecule has 6 fully saturated rings. The highest BCUT2D eigenvalue weighted by Gasteiger charge is 2.59. The molecule has 16 unspecified atom stereocenters. The molecule has 6 aliphatic heterocycles. The van der Waals surface area contributed by atoms with Crippen LogP contribution < -0.4 is 29.7 Å². The van der Waals surface area contributed by atoms with Crippen LogP contribution in [0.2, 0.25) is 26.3 Å². The van der Waals surface area contributed by atoms with Gasteiger partial charge in [0.2, 0.25) is 44.0 Å². The molecule has 31 nitrogen and oxygen atoms in total. The summed E-state index contributed by atoms with van der Waals surface area (Å²) in [5.41, 5.74) is 8.19. The lowest BCUT2D eigenvalue weighted by molar-refractivity contribution is -0.683. The first-order valence-corrected chi connectivity index (χ1v) is 44.6. The summed E-state index contributed by atoms with van der Waals surface area (Å²) in [6.45, 7) is 10.2. The van der Waals surface area contributed by atoms with Crippen molar-refractivity contribution in [1.82, 2.24) is 64.4 Å². The van der Waals surface area contributed by atoms with Crippen LogP contribution >= 0.6 is 173 Å². The number of aliphatic hydroxyl groups excluding tert-OH is 5. The third kappa shape index (κ3) is 20.2. The molecule has 3 aromatic carbocycles. The molecule has 599 valence electrons. The minimum atomic E-state index is -1.06. The molecule has 6 saturated heterocycles. The van der Waals surface area contributed by atoms with E-state index in [2.05, 4.69) is 174 Å². The van der Waals surface area contributed by atoms with Crippen LogP contribution in [0.5, 0.6) is 0 Å². The summed E-state index contributed by atoms with van der Waals surface area (Å²) < 4.78 is 51.3. The molecule has 0 bridgehead atoms. The fourth-order valence-corrected chi connectivity index (χ4v) is 22.6. The van der Waals surface area contributed by atoms with Crippen molar-refractivity contribution < 1.29 is 72.1 Å². The highest BCUT2D eigenvalue weighted by Crippen LogP contribution is 2.52. The smallest absolute Gasteiger partial charge is 0.310 e. The van der Waals surface area contributed by atoms with Gasteiger partial charge in [0.15, 0.2) is 80.4 Å². The van der Waals surface area contributed by atoms with Gasteiger partial charge in [-0.1, -0.05) is 63.0 Å². The number of hydrogen-bond acceptors (Lipinski definition) is 28. The molecule has 16 atom stereocenters. The number of aromatic amines is 3. The van der Waals surface area contributed by atoms with Crippen molar-refractivity contribution in [3.63, 3.8) is 0 Å². The number of aromatic nitrogens is 16. The van der Waals surface area contributed by atoms with E-state index in [4.69, 9.17) is 114 Å². The van der Waals surface area contributed by atoms with Crippen LogP contribution in [0, 0.1) is 10.7 Å². The summed E-state index contributed by atoms with van der Waals surface area (Å²) in [6, 6.07) is 24.5. The van der Waals surface area contributed by atoms with Crippen LogP contribution in [0.15, 0.2) is 98.1 Å². The average molecular weight is 2080 g/mol. The summed E-state index contributed by atoms with van der Waals surface area (Å²) >= 11 is 43.6. The molecule has 11 N–H and O–H groups in total. The Bertz CT molecular complexity index is 5300. The van der Waals surface area contributed by atoms with Gasteiger partial charge in [0.25, 0.3) is 0 Å². The Morgan fingerprint density at radius 1 is 0.500 bits per heavy atom. The molecular formula is C67H69B6Cl5I3N19O12S4+3. The molecule has 11 aromatic rings. The quantitative estimate of drug-likeness (QED) is 0.00966. The SMILES string of the molecule is OCC1SC(n2cnc3c(NCc4cccc(I)c4)nc(Cl)nc32)C(O)C1O.[B][B]OCC1SC([n+]2c[nH]c3c(Cl)nc(Cl)nc32)C2OC(C)(C)OC12.[B][B]OCC1SC([n+]2c[nH]c3c(NCc4cccc(I)c4)nc(Cl)nc32)C(O)C1O.[B][B]OCC1SC([n+]2c[nH]c3c(NCc4cccc(I)c4)nc(Cl)nc32)C2OC(C)(C)OC12. The first-order valence-electron chi connectivity index (χ1n) is 35.7. The Kier molecular flexibility index (Phi) is 29.7. The molecule has 0 spiro atoms. The summed E-state index contributed by atoms with van der Waals surface area (Å²) in [6.07, 6.45) is 2.21. The number of benzene rings is 3. The molecular weight excluding hydrogens is 2010 g/mol. The maximum Gasteiger partial charge on any atom is 0.310 e. The Morgan fingerprint density at radius 3 is 1.35 bits per heavy atom. The van der Waals surface area contributed by atoms with E-state index in [1.807, 2.05) is 85.6 Å². The molecule has 116 heavy (non-hydrogen) atoms. The Hall–Kier alpha value is -3.79. The predicted octanol–water partition coefficient (Wildman–Crippen LogP) is 7.57. The van der Waals surface area contributed by atoms with Crippen LogP contribution in [-0.4, -0.2) is 243 Å². The molecule has 0 aliphatic carbocycles. The van der Waals surface area contributed by atoms with Gasteiger partial charge in [-0.15, -0.1) is 47.0 Å². The lowest BCUT2D eigenvalue weighted by atomic mass is 9.72. The highest BCUT2D eigenvalue weighted by atomic mass is 127. The van der Waals surface area contributed by atoms with Crippen LogP contribution in [0.4, 0.5) is 17.5 Å². The van der Waals surface area contributed by atoms with Crippen molar-refractivity contribution in [3.05, 3.63) is 152 Å². The van der Waals surface area contributed by atoms with E-state index in [1.54, 1.807) is 51.6 Å². The van der Waals surface area contributed by atoms with Crippen molar-refractivity contribution in [2.24, 2.45) is 0 Å². The number of aliphatic hydroxyl groups is 5. The van der Waals surface area contributed by atoms with E-state index in [-0.39, 0.29) is 90.4 Å². The largest absolute Gasteiger partial charge is 0.451 e. The van der Waals surface area contributed by atoms with Gasteiger partial charge < -0.3 is 74.4 Å². The molecule has 14 heterocycles. The minimum Gasteiger partial charge on any atom is -0.451 e. The zero-order valence-corrected chi connectivity index (χ0v) is 75.0. The van der Waals surface area contributed by atoms with E-state index in [9.17, 15) is 25.5 Å². The summed E-state index contributed by atoms with van der Waals surface area (Å²) in [4.78, 5) is 48.3. The Balaban J connectivity index is 0.000000128. The standard InChI is InChI=1S/C20H20B2ClIN5O3S.C17H16B2ClIN5O3S.C17H17ClIN5O3S.C13H13B2Cl2N4O3S/c1-20(2)31-14-12(8-30-22-21)33-18(15(14)32-20)29-9-26-13-16(27-19(23)28-17(13)29)25-7-10-4-3-5-11(24)6-10;18-19-29-6-10-12(27)13(28)16(30-10)26-7-23-11-14(24-17(20)25-15(11)26)22-5-8-2-1-3-9(21)4-8;18-17-22-14(20-5-8-2-1-3-9(19)4-8)11-15(23-17)24(7-21-11)16-13(27)12(26)10(6-25)28-16;1-13(2)23-7-5(3-22-15-14)25-11(8(7)24-13)21-4-18-6-9(16)19-12(17)20-10(6)21/h3-6,9,12,14-15,18H,7-8H2,1-2H3,(H,25,27,28);1-4,7,10,12-13,16,27-28H,5-6H2,(H,22,24,25);1-4,7,10,12-13,16,25-27H,5-6H2,(H,20,22,23);4-5,7-8,11H,3H2,1-2H3/p+3. The summed E-state index contributed by atoms with van der Waals surface area (Å²) in [5.74, 6) is 0.334. The normalized spacial score (nSPS) is 26.1. The van der Waals surface area contributed by atoms with Crippen molar-refractivity contribution in [2.75, 3.05) is 42.4 Å². The van der Waals surface area contributed by atoms with Crippen molar-refractivity contribution in [1.29, 1.82) is 0 Å². The van der Waals surface area contributed by atoms with Gasteiger partial charge in [0.1, 0.15) is 42.0 Å². The van der Waals surface area contributed by atoms with Crippen LogP contribution in [0.1, 0.15) is 65.9 Å². The third-order valence-corrected chi connectivity index (χ3v) is 28.2. The summed E-state index contributed by atoms with van der Waals surface area (Å²) in [7, 11) is 19.5. The van der Waals surface area contributed by atoms with Crippen molar-refractivity contribution in [3.8, 4) is 0 Å². The lowest BCUT2D eigenvalue weighted by Gasteiger charge is -2.22. The number of nitrogens with zero attached hydrogens (tertiary/aromatic N) is 13. The number of H-pyrrole nitrogens is 3. The molecule has 17 rings (SSSR count). The van der Waals surface area contributed by atoms with Gasteiger partial charge in [0, 0.05) is 50.2 Å². The van der Waals surface area contributed by atoms with Crippen molar-refractivity contribution >= 4 is 280 Å². The van der Waals surface area contributed by atoms with E-state index in [0.717, 1.165) is 36.7 Å². The maximum atomic E-state index is 10.6. The third-order valence-electron chi connectivity index (χ3n) is 19.0. The second-order valence-electron chi connectivity index (χ2n) is 27.7. The number of hydrogen-bond donors (Lipinski definition) is 11. The van der Waals surface area contributed by atoms with Gasteiger partial charge in [-0.3, -0.25) is 19.5 Å². The number of rotatable bonds is 23. The number of nitrogens with one attached hydrogen (secondary N) is 6. The van der Waals surface area contributed by atoms with E-state index in [1.165, 1.54) is 41.8 Å². The minimum absolute atomic E-state index is 0.0504. The van der Waals surface area contributed by atoms with Gasteiger partial charge >= 0.3 is 32.8 Å². The highest BCUT2D eigenvalue weighted by molar-refractivity contribution is 14.1. The number of imidazole rings is 4. The van der Waals surface area contributed by atoms with E-state index >= 15 is 0 Å². The van der Waals surface area contributed by atoms with Gasteiger partial charge in [-0.2, -0.15) is 24.9 Å².